The zero-order valence-electron chi connectivity index (χ0n) is 14.7. The molecule has 1 saturated heterocycles. The lowest BCUT2D eigenvalue weighted by Gasteiger charge is -2.39. The molecule has 1 nitrogen and oxygen atoms in total. The Morgan fingerprint density at radius 3 is 1.56 bits per heavy atom. The predicted molar refractivity (Wildman–Crippen MR) is 116 cm³/mol. The molecular weight excluding hydrogens is 394 g/mol. The maximum absolute atomic E-state index is 12.7. The van der Waals surface area contributed by atoms with Crippen molar-refractivity contribution in [3.05, 3.63) is 100 Å². The molecule has 0 aliphatic carbocycles. The van der Waals surface area contributed by atoms with Crippen LogP contribution in [0.3, 0.4) is 0 Å². The molecule has 3 aromatic rings. The third kappa shape index (κ3) is 4.11. The number of ketones is 1. The van der Waals surface area contributed by atoms with Crippen molar-refractivity contribution >= 4 is 42.2 Å². The van der Waals surface area contributed by atoms with E-state index in [0.717, 1.165) is 10.0 Å². The van der Waals surface area contributed by atoms with E-state index in [2.05, 4.69) is 48.5 Å². The molecule has 1 fully saturated rings. The molecular formula is C23H19Cl2OP. The largest absolute Gasteiger partial charge is 0.300 e. The molecule has 136 valence electrons. The van der Waals surface area contributed by atoms with E-state index in [1.165, 1.54) is 16.4 Å². The first-order valence-corrected chi connectivity index (χ1v) is 11.2. The minimum atomic E-state index is -0.599. The van der Waals surface area contributed by atoms with Gasteiger partial charge in [-0.1, -0.05) is 85.7 Å². The Morgan fingerprint density at radius 2 is 1.11 bits per heavy atom. The van der Waals surface area contributed by atoms with E-state index < -0.39 is 7.92 Å². The Balaban J connectivity index is 1.82. The Hall–Kier alpha value is -1.66. The second-order valence-electron chi connectivity index (χ2n) is 6.82. The Bertz CT molecular complexity index is 865. The van der Waals surface area contributed by atoms with Gasteiger partial charge in [-0.3, -0.25) is 4.79 Å². The molecule has 1 aliphatic heterocycles. The molecule has 0 spiro atoms. The molecule has 0 saturated carbocycles. The fraction of sp³-hybridized carbons (Fsp3) is 0.174. The van der Waals surface area contributed by atoms with Crippen LogP contribution in [0.5, 0.6) is 0 Å². The Labute approximate surface area is 171 Å². The summed E-state index contributed by atoms with van der Waals surface area (Å²) in [5, 5.41) is 2.78. The summed E-state index contributed by atoms with van der Waals surface area (Å²) in [5.41, 5.74) is 2.78. The van der Waals surface area contributed by atoms with Gasteiger partial charge in [-0.2, -0.15) is 0 Å². The van der Waals surface area contributed by atoms with Gasteiger partial charge in [0.2, 0.25) is 0 Å². The van der Waals surface area contributed by atoms with Crippen LogP contribution < -0.4 is 5.30 Å². The molecule has 27 heavy (non-hydrogen) atoms. The van der Waals surface area contributed by atoms with Gasteiger partial charge < -0.3 is 0 Å². The molecule has 0 aromatic heterocycles. The van der Waals surface area contributed by atoms with Crippen LogP contribution in [0.4, 0.5) is 0 Å². The lowest BCUT2D eigenvalue weighted by Crippen LogP contribution is -2.23. The van der Waals surface area contributed by atoms with Gasteiger partial charge in [0.25, 0.3) is 0 Å². The number of rotatable bonds is 3. The standard InChI is InChI=1S/C23H19Cl2OP/c24-18-10-6-16(7-11-18)22-14-20(26)15-23(17-8-12-19(25)13-9-17)27(22)21-4-2-1-3-5-21/h1-13,22-23H,14-15H2/t22-,23+,27?. The van der Waals surface area contributed by atoms with Crippen LogP contribution in [0.2, 0.25) is 10.0 Å². The second-order valence-corrected chi connectivity index (χ2v) is 10.3. The van der Waals surface area contributed by atoms with Crippen LogP contribution in [0.1, 0.15) is 35.3 Å². The summed E-state index contributed by atoms with van der Waals surface area (Å²) < 4.78 is 0. The van der Waals surface area contributed by atoms with Crippen molar-refractivity contribution in [3.8, 4) is 0 Å². The highest BCUT2D eigenvalue weighted by molar-refractivity contribution is 7.66. The summed E-state index contributed by atoms with van der Waals surface area (Å²) in [6.45, 7) is 0. The monoisotopic (exact) mass is 412 g/mol. The first-order valence-electron chi connectivity index (χ1n) is 8.98. The summed E-state index contributed by atoms with van der Waals surface area (Å²) in [7, 11) is -0.599. The number of Topliss-reactive ketones (excluding diaryl/α,β-unsaturated/α-hetero) is 1. The number of hydrogen-bond donors (Lipinski definition) is 0. The van der Waals surface area contributed by atoms with Crippen LogP contribution >= 0.6 is 31.1 Å². The number of halogens is 2. The molecule has 4 rings (SSSR count). The van der Waals surface area contributed by atoms with Crippen molar-refractivity contribution in [1.82, 2.24) is 0 Å². The molecule has 0 bridgehead atoms. The van der Waals surface area contributed by atoms with Crippen LogP contribution in [0, 0.1) is 0 Å². The zero-order valence-corrected chi connectivity index (χ0v) is 17.1. The summed E-state index contributed by atoms with van der Waals surface area (Å²) in [6.07, 6.45) is 1.18. The Kier molecular flexibility index (Phi) is 5.64. The van der Waals surface area contributed by atoms with Gasteiger partial charge in [-0.05, 0) is 40.7 Å². The van der Waals surface area contributed by atoms with Gasteiger partial charge in [0, 0.05) is 34.2 Å². The minimum Gasteiger partial charge on any atom is -0.300 e. The van der Waals surface area contributed by atoms with Crippen LogP contribution in [-0.4, -0.2) is 5.78 Å². The highest BCUT2D eigenvalue weighted by Gasteiger charge is 2.39. The lowest BCUT2D eigenvalue weighted by molar-refractivity contribution is -0.119. The number of benzene rings is 3. The maximum Gasteiger partial charge on any atom is 0.134 e. The van der Waals surface area contributed by atoms with Crippen molar-refractivity contribution in [2.45, 2.75) is 24.2 Å². The van der Waals surface area contributed by atoms with E-state index in [9.17, 15) is 4.79 Å². The molecule has 3 atom stereocenters. The number of hydrogen-bond acceptors (Lipinski definition) is 1. The second kappa shape index (κ2) is 8.15. The SMILES string of the molecule is O=C1C[C@H](c2ccc(Cl)cc2)P(c2ccccc2)[C@H](c2ccc(Cl)cc2)C1. The highest BCUT2D eigenvalue weighted by Crippen LogP contribution is 2.66. The zero-order chi connectivity index (χ0) is 18.8. The van der Waals surface area contributed by atoms with Gasteiger partial charge in [0.15, 0.2) is 0 Å². The van der Waals surface area contributed by atoms with Crippen molar-refractivity contribution in [1.29, 1.82) is 0 Å². The molecule has 0 amide bonds. The third-order valence-corrected chi connectivity index (χ3v) is 8.78. The van der Waals surface area contributed by atoms with Crippen LogP contribution in [0.15, 0.2) is 78.9 Å². The first kappa shape index (κ1) is 18.7. The fourth-order valence-corrected chi connectivity index (χ4v) is 7.53. The molecule has 0 N–H and O–H groups in total. The van der Waals surface area contributed by atoms with Crippen LogP contribution in [0.25, 0.3) is 0 Å². The van der Waals surface area contributed by atoms with E-state index in [-0.39, 0.29) is 11.3 Å². The minimum absolute atomic E-state index is 0.196. The van der Waals surface area contributed by atoms with Crippen molar-refractivity contribution < 1.29 is 4.79 Å². The average Bonchev–Trinajstić information content (AvgIpc) is 2.69. The van der Waals surface area contributed by atoms with E-state index in [4.69, 9.17) is 23.2 Å². The molecule has 3 aromatic carbocycles. The molecule has 0 radical (unpaired) electrons. The summed E-state index contributed by atoms with van der Waals surface area (Å²) in [6, 6.07) is 26.6. The summed E-state index contributed by atoms with van der Waals surface area (Å²) >= 11 is 12.2. The van der Waals surface area contributed by atoms with E-state index in [0.29, 0.717) is 18.6 Å². The highest BCUT2D eigenvalue weighted by atomic mass is 35.5. The summed E-state index contributed by atoms with van der Waals surface area (Å²) in [4.78, 5) is 12.7. The Morgan fingerprint density at radius 1 is 0.667 bits per heavy atom. The van der Waals surface area contributed by atoms with E-state index in [1.54, 1.807) is 0 Å². The van der Waals surface area contributed by atoms with Gasteiger partial charge >= 0.3 is 0 Å². The maximum atomic E-state index is 12.7. The normalized spacial score (nSPS) is 22.6. The van der Waals surface area contributed by atoms with E-state index in [1.807, 2.05) is 30.3 Å². The fourth-order valence-electron chi connectivity index (χ4n) is 3.82. The van der Waals surface area contributed by atoms with Gasteiger partial charge in [-0.15, -0.1) is 0 Å². The van der Waals surface area contributed by atoms with Crippen molar-refractivity contribution in [2.24, 2.45) is 0 Å². The smallest absolute Gasteiger partial charge is 0.134 e. The van der Waals surface area contributed by atoms with Crippen LogP contribution in [-0.2, 0) is 4.79 Å². The lowest BCUT2D eigenvalue weighted by atomic mass is 10.0. The molecule has 1 aliphatic rings. The average molecular weight is 413 g/mol. The quantitative estimate of drug-likeness (QED) is 0.425. The topological polar surface area (TPSA) is 17.1 Å². The molecule has 1 heterocycles. The predicted octanol–water partition coefficient (Wildman–Crippen LogP) is 6.95. The number of carbonyl (C=O) groups is 1. The number of carbonyl (C=O) groups excluding carboxylic acids is 1. The molecule has 1 unspecified atom stereocenters. The van der Waals surface area contributed by atoms with Gasteiger partial charge in [0.1, 0.15) is 5.78 Å². The van der Waals surface area contributed by atoms with Gasteiger partial charge in [-0.25, -0.2) is 0 Å². The summed E-state index contributed by atoms with van der Waals surface area (Å²) in [5.74, 6) is 0.324. The molecule has 4 heteroatoms. The first-order chi connectivity index (χ1) is 13.1. The van der Waals surface area contributed by atoms with E-state index >= 15 is 0 Å². The van der Waals surface area contributed by atoms with Gasteiger partial charge in [0.05, 0.1) is 0 Å². The third-order valence-electron chi connectivity index (χ3n) is 5.08. The van der Waals surface area contributed by atoms with Crippen molar-refractivity contribution in [3.63, 3.8) is 0 Å². The van der Waals surface area contributed by atoms with Crippen molar-refractivity contribution in [2.75, 3.05) is 0 Å².